The van der Waals surface area contributed by atoms with E-state index in [1.165, 1.54) is 0 Å². The average molecular weight is 493 g/mol. The third kappa shape index (κ3) is 5.95. The third-order valence-corrected chi connectivity index (χ3v) is 6.59. The van der Waals surface area contributed by atoms with Crippen LogP contribution < -0.4 is 14.8 Å². The summed E-state index contributed by atoms with van der Waals surface area (Å²) in [6.45, 7) is 1.01. The van der Waals surface area contributed by atoms with E-state index in [1.807, 2.05) is 54.6 Å². The van der Waals surface area contributed by atoms with E-state index in [9.17, 15) is 9.59 Å². The summed E-state index contributed by atoms with van der Waals surface area (Å²) in [5.74, 6) is 0.838. The number of ether oxygens (including phenoxy) is 2. The van der Waals surface area contributed by atoms with E-state index in [0.29, 0.717) is 48.0 Å². The molecule has 1 aliphatic rings. The monoisotopic (exact) mass is 492 g/mol. The molecule has 182 valence electrons. The SMILES string of the molecule is COc1cc(OC)cc(C(=O)N2CCC(C(=O)NC(c3ccccc3)c3cccc(Cl)c3)CC2)c1. The van der Waals surface area contributed by atoms with Crippen molar-refractivity contribution in [1.29, 1.82) is 0 Å². The minimum absolute atomic E-state index is 0.0195. The number of amides is 2. The fourth-order valence-corrected chi connectivity index (χ4v) is 4.61. The molecule has 1 N–H and O–H groups in total. The largest absolute Gasteiger partial charge is 0.497 e. The number of nitrogens with zero attached hydrogens (tertiary/aromatic N) is 1. The van der Waals surface area contributed by atoms with Gasteiger partial charge in [-0.15, -0.1) is 0 Å². The maximum Gasteiger partial charge on any atom is 0.254 e. The molecule has 1 atom stereocenters. The van der Waals surface area contributed by atoms with Gasteiger partial charge in [0, 0.05) is 35.7 Å². The number of hydrogen-bond donors (Lipinski definition) is 1. The minimum atomic E-state index is -0.300. The van der Waals surface area contributed by atoms with Crippen LogP contribution in [0.15, 0.2) is 72.8 Å². The first kappa shape index (κ1) is 24.6. The molecule has 3 aromatic rings. The normalized spacial score (nSPS) is 14.8. The molecule has 35 heavy (non-hydrogen) atoms. The Morgan fingerprint density at radius 2 is 1.51 bits per heavy atom. The van der Waals surface area contributed by atoms with Crippen molar-refractivity contribution in [2.45, 2.75) is 18.9 Å². The number of benzene rings is 3. The summed E-state index contributed by atoms with van der Waals surface area (Å²) in [7, 11) is 3.11. The van der Waals surface area contributed by atoms with Crippen molar-refractivity contribution in [3.63, 3.8) is 0 Å². The first-order valence-electron chi connectivity index (χ1n) is 11.6. The summed E-state index contributed by atoms with van der Waals surface area (Å²) in [6.07, 6.45) is 1.19. The van der Waals surface area contributed by atoms with Gasteiger partial charge < -0.3 is 19.7 Å². The molecule has 3 aromatic carbocycles. The maximum atomic E-state index is 13.3. The molecule has 0 bridgehead atoms. The Morgan fingerprint density at radius 3 is 2.11 bits per heavy atom. The fourth-order valence-electron chi connectivity index (χ4n) is 4.41. The predicted octanol–water partition coefficient (Wildman–Crippen LogP) is 5.12. The van der Waals surface area contributed by atoms with Crippen molar-refractivity contribution in [2.24, 2.45) is 5.92 Å². The molecule has 1 fully saturated rings. The van der Waals surface area contributed by atoms with Gasteiger partial charge in [-0.3, -0.25) is 9.59 Å². The van der Waals surface area contributed by atoms with E-state index < -0.39 is 0 Å². The van der Waals surface area contributed by atoms with E-state index in [-0.39, 0.29) is 23.8 Å². The standard InChI is InChI=1S/C28H29ClN2O4/c1-34-24-16-22(17-25(18-24)35-2)28(33)31-13-11-20(12-14-31)27(32)30-26(19-7-4-3-5-8-19)21-9-6-10-23(29)15-21/h3-10,15-18,20,26H,11-14H2,1-2H3,(H,30,32). The highest BCUT2D eigenvalue weighted by molar-refractivity contribution is 6.30. The molecule has 4 rings (SSSR count). The quantitative estimate of drug-likeness (QED) is 0.497. The molecule has 0 spiro atoms. The van der Waals surface area contributed by atoms with Crippen LogP contribution in [0.4, 0.5) is 0 Å². The summed E-state index contributed by atoms with van der Waals surface area (Å²) in [5.41, 5.74) is 2.42. The van der Waals surface area contributed by atoms with E-state index in [2.05, 4.69) is 5.32 Å². The Balaban J connectivity index is 1.43. The van der Waals surface area contributed by atoms with E-state index in [0.717, 1.165) is 11.1 Å². The van der Waals surface area contributed by atoms with Crippen LogP contribution in [0, 0.1) is 5.92 Å². The zero-order valence-corrected chi connectivity index (χ0v) is 20.6. The van der Waals surface area contributed by atoms with Crippen molar-refractivity contribution in [1.82, 2.24) is 10.2 Å². The van der Waals surface area contributed by atoms with Gasteiger partial charge in [0.1, 0.15) is 11.5 Å². The average Bonchev–Trinajstić information content (AvgIpc) is 2.91. The molecular formula is C28H29ClN2O4. The molecule has 1 heterocycles. The number of halogens is 1. The highest BCUT2D eigenvalue weighted by Gasteiger charge is 2.30. The minimum Gasteiger partial charge on any atom is -0.497 e. The lowest BCUT2D eigenvalue weighted by Crippen LogP contribution is -2.43. The molecule has 2 amide bonds. The van der Waals surface area contributed by atoms with Gasteiger partial charge in [-0.1, -0.05) is 54.1 Å². The summed E-state index contributed by atoms with van der Waals surface area (Å²) in [4.78, 5) is 28.1. The van der Waals surface area contributed by atoms with Gasteiger partial charge in [-0.05, 0) is 48.2 Å². The smallest absolute Gasteiger partial charge is 0.254 e. The Hall–Kier alpha value is -3.51. The van der Waals surface area contributed by atoms with Crippen LogP contribution in [0.25, 0.3) is 0 Å². The van der Waals surface area contributed by atoms with E-state index >= 15 is 0 Å². The zero-order valence-electron chi connectivity index (χ0n) is 19.9. The van der Waals surface area contributed by atoms with Crippen LogP contribution in [0.3, 0.4) is 0 Å². The highest BCUT2D eigenvalue weighted by atomic mass is 35.5. The molecule has 6 nitrogen and oxygen atoms in total. The van der Waals surface area contributed by atoms with E-state index in [1.54, 1.807) is 37.3 Å². The number of likely N-dealkylation sites (tertiary alicyclic amines) is 1. The van der Waals surface area contributed by atoms with Crippen LogP contribution >= 0.6 is 11.6 Å². The molecule has 1 unspecified atom stereocenters. The second-order valence-corrected chi connectivity index (χ2v) is 9.01. The van der Waals surface area contributed by atoms with Crippen molar-refractivity contribution in [2.75, 3.05) is 27.3 Å². The Bertz CT molecular complexity index is 1150. The molecule has 7 heteroatoms. The second-order valence-electron chi connectivity index (χ2n) is 8.58. The number of nitrogens with one attached hydrogen (secondary N) is 1. The van der Waals surface area contributed by atoms with Gasteiger partial charge >= 0.3 is 0 Å². The molecule has 1 aliphatic heterocycles. The van der Waals surface area contributed by atoms with Crippen LogP contribution in [0.1, 0.15) is 40.4 Å². The number of carbonyl (C=O) groups excluding carboxylic acids is 2. The topological polar surface area (TPSA) is 67.9 Å². The molecule has 0 radical (unpaired) electrons. The second kappa shape index (κ2) is 11.3. The van der Waals surface area contributed by atoms with Crippen molar-refractivity contribution < 1.29 is 19.1 Å². The third-order valence-electron chi connectivity index (χ3n) is 6.35. The number of piperidine rings is 1. The van der Waals surface area contributed by atoms with Gasteiger partial charge in [0.2, 0.25) is 5.91 Å². The van der Waals surface area contributed by atoms with Gasteiger partial charge in [0.25, 0.3) is 5.91 Å². The predicted molar refractivity (Wildman–Crippen MR) is 136 cm³/mol. The van der Waals surface area contributed by atoms with Crippen LogP contribution in [0.5, 0.6) is 11.5 Å². The van der Waals surface area contributed by atoms with Crippen LogP contribution in [-0.4, -0.2) is 44.0 Å². The molecule has 0 aliphatic carbocycles. The highest BCUT2D eigenvalue weighted by Crippen LogP contribution is 2.28. The van der Waals surface area contributed by atoms with Crippen molar-refractivity contribution >= 4 is 23.4 Å². The molecule has 0 aromatic heterocycles. The van der Waals surface area contributed by atoms with Crippen LogP contribution in [0.2, 0.25) is 5.02 Å². The molecular weight excluding hydrogens is 464 g/mol. The lowest BCUT2D eigenvalue weighted by molar-refractivity contribution is -0.126. The van der Waals surface area contributed by atoms with Crippen molar-refractivity contribution in [3.05, 3.63) is 94.5 Å². The Morgan fingerprint density at radius 1 is 0.886 bits per heavy atom. The van der Waals surface area contributed by atoms with Gasteiger partial charge in [-0.2, -0.15) is 0 Å². The first-order chi connectivity index (χ1) is 17.0. The van der Waals surface area contributed by atoms with Gasteiger partial charge in [0.15, 0.2) is 0 Å². The summed E-state index contributed by atoms with van der Waals surface area (Å²) < 4.78 is 10.6. The van der Waals surface area contributed by atoms with E-state index in [4.69, 9.17) is 21.1 Å². The molecule has 1 saturated heterocycles. The van der Waals surface area contributed by atoms with Crippen LogP contribution in [-0.2, 0) is 4.79 Å². The Labute approximate surface area is 210 Å². The lowest BCUT2D eigenvalue weighted by Gasteiger charge is -2.32. The first-order valence-corrected chi connectivity index (χ1v) is 12.0. The van der Waals surface area contributed by atoms with Crippen molar-refractivity contribution in [3.8, 4) is 11.5 Å². The Kier molecular flexibility index (Phi) is 7.93. The fraction of sp³-hybridized carbons (Fsp3) is 0.286. The number of hydrogen-bond acceptors (Lipinski definition) is 4. The lowest BCUT2D eigenvalue weighted by atomic mass is 9.93. The zero-order chi connectivity index (χ0) is 24.8. The number of carbonyl (C=O) groups is 2. The maximum absolute atomic E-state index is 13.3. The summed E-state index contributed by atoms with van der Waals surface area (Å²) in [6, 6.07) is 22.2. The summed E-state index contributed by atoms with van der Waals surface area (Å²) in [5, 5.41) is 3.84. The number of rotatable bonds is 7. The van der Waals surface area contributed by atoms with Gasteiger partial charge in [-0.25, -0.2) is 0 Å². The van der Waals surface area contributed by atoms with Gasteiger partial charge in [0.05, 0.1) is 20.3 Å². The number of methoxy groups -OCH3 is 2. The summed E-state index contributed by atoms with van der Waals surface area (Å²) >= 11 is 6.23. The molecule has 0 saturated carbocycles.